The molecule has 3 nitrogen and oxygen atoms in total. The second kappa shape index (κ2) is 3.14. The predicted molar refractivity (Wildman–Crippen MR) is 61.6 cm³/mol. The summed E-state index contributed by atoms with van der Waals surface area (Å²) in [6.07, 6.45) is 8.54. The van der Waals surface area contributed by atoms with Gasteiger partial charge in [-0.05, 0) is 55.8 Å². The van der Waals surface area contributed by atoms with Crippen LogP contribution in [0.15, 0.2) is 5.16 Å². The summed E-state index contributed by atoms with van der Waals surface area (Å²) in [5, 5.41) is 3.94. The largest absolute Gasteiger partial charge is 0.390 e. The average Bonchev–Trinajstić information content (AvgIpc) is 2.63. The minimum Gasteiger partial charge on any atom is -0.390 e. The van der Waals surface area contributed by atoms with Crippen molar-refractivity contribution in [1.82, 2.24) is 0 Å². The fraction of sp³-hybridized carbons (Fsp3) is 0.923. The van der Waals surface area contributed by atoms with E-state index in [0.29, 0.717) is 11.9 Å². The van der Waals surface area contributed by atoms with Crippen LogP contribution in [0.2, 0.25) is 0 Å². The maximum absolute atomic E-state index is 5.74. The number of rotatable bonds is 1. The number of hydrogen-bond acceptors (Lipinski definition) is 3. The Hall–Kier alpha value is -0.730. The maximum atomic E-state index is 5.74. The number of oxime groups is 1. The van der Waals surface area contributed by atoms with Crippen LogP contribution in [-0.2, 0) is 4.84 Å². The molecule has 5 aliphatic rings. The van der Waals surface area contributed by atoms with Crippen molar-refractivity contribution >= 4 is 5.84 Å². The molecule has 5 rings (SSSR count). The summed E-state index contributed by atoms with van der Waals surface area (Å²) in [4.78, 5) is 5.55. The van der Waals surface area contributed by atoms with E-state index in [0.717, 1.165) is 36.0 Å². The predicted octanol–water partition coefficient (Wildman–Crippen LogP) is 2.12. The van der Waals surface area contributed by atoms with Gasteiger partial charge in [0.2, 0.25) is 0 Å². The van der Waals surface area contributed by atoms with Crippen molar-refractivity contribution in [1.29, 1.82) is 0 Å². The Balaban J connectivity index is 1.56. The number of nitrogens with zero attached hydrogens (tertiary/aromatic N) is 1. The summed E-state index contributed by atoms with van der Waals surface area (Å²) in [5.74, 6) is 5.39. The SMILES string of the molecule is NC1=NOC(C2C3CC4CC(C3)CC2C4)C1. The monoisotopic (exact) mass is 220 g/mol. The van der Waals surface area contributed by atoms with Crippen molar-refractivity contribution in [3.05, 3.63) is 0 Å². The Morgan fingerprint density at radius 3 is 2.12 bits per heavy atom. The Morgan fingerprint density at radius 1 is 1.00 bits per heavy atom. The Labute approximate surface area is 96.4 Å². The lowest BCUT2D eigenvalue weighted by Gasteiger charge is -2.55. The molecule has 0 aromatic carbocycles. The van der Waals surface area contributed by atoms with E-state index < -0.39 is 0 Å². The number of hydrogen-bond donors (Lipinski definition) is 1. The smallest absolute Gasteiger partial charge is 0.143 e. The van der Waals surface area contributed by atoms with E-state index >= 15 is 0 Å². The molecule has 0 aromatic heterocycles. The molecule has 1 aliphatic heterocycles. The van der Waals surface area contributed by atoms with Crippen LogP contribution >= 0.6 is 0 Å². The lowest BCUT2D eigenvalue weighted by molar-refractivity contribution is -0.101. The van der Waals surface area contributed by atoms with E-state index in [9.17, 15) is 0 Å². The molecular weight excluding hydrogens is 200 g/mol. The van der Waals surface area contributed by atoms with Gasteiger partial charge in [0.15, 0.2) is 0 Å². The van der Waals surface area contributed by atoms with Crippen LogP contribution in [0.4, 0.5) is 0 Å². The van der Waals surface area contributed by atoms with Crippen molar-refractivity contribution in [2.24, 2.45) is 40.5 Å². The zero-order valence-corrected chi connectivity index (χ0v) is 9.64. The summed E-state index contributed by atoms with van der Waals surface area (Å²) < 4.78 is 0. The van der Waals surface area contributed by atoms with Crippen LogP contribution in [-0.4, -0.2) is 11.9 Å². The van der Waals surface area contributed by atoms with Gasteiger partial charge in [-0.3, -0.25) is 0 Å². The van der Waals surface area contributed by atoms with Crippen LogP contribution in [0.3, 0.4) is 0 Å². The quantitative estimate of drug-likeness (QED) is 0.735. The van der Waals surface area contributed by atoms with Crippen LogP contribution in [0, 0.1) is 29.6 Å². The summed E-state index contributed by atoms with van der Waals surface area (Å²) >= 11 is 0. The van der Waals surface area contributed by atoms with Crippen molar-refractivity contribution in [2.75, 3.05) is 0 Å². The number of amidine groups is 1. The highest BCUT2D eigenvalue weighted by Gasteiger charge is 2.52. The van der Waals surface area contributed by atoms with Gasteiger partial charge >= 0.3 is 0 Å². The standard InChI is InChI=1S/C13H20N2O/c14-12-6-11(16-15-12)13-9-2-7-1-8(4-9)5-10(13)3-7/h7-11,13H,1-6H2,(H2,14,15). The first-order valence-corrected chi connectivity index (χ1v) is 6.77. The molecule has 1 unspecified atom stereocenters. The van der Waals surface area contributed by atoms with Gasteiger partial charge in [0.05, 0.1) is 0 Å². The van der Waals surface area contributed by atoms with E-state index in [-0.39, 0.29) is 0 Å². The van der Waals surface area contributed by atoms with Gasteiger partial charge in [0.25, 0.3) is 0 Å². The first kappa shape index (κ1) is 9.32. The third kappa shape index (κ3) is 1.23. The number of nitrogens with two attached hydrogens (primary N) is 1. The second-order valence-corrected chi connectivity index (χ2v) is 6.44. The van der Waals surface area contributed by atoms with E-state index in [1.165, 1.54) is 32.1 Å². The maximum Gasteiger partial charge on any atom is 0.143 e. The first-order valence-electron chi connectivity index (χ1n) is 6.77. The topological polar surface area (TPSA) is 47.6 Å². The third-order valence-electron chi connectivity index (χ3n) is 5.44. The molecule has 2 N–H and O–H groups in total. The molecule has 4 fully saturated rings. The molecule has 1 heterocycles. The van der Waals surface area contributed by atoms with E-state index in [4.69, 9.17) is 10.6 Å². The van der Waals surface area contributed by atoms with Gasteiger partial charge in [0, 0.05) is 12.3 Å². The third-order valence-corrected chi connectivity index (χ3v) is 5.44. The molecule has 1 atom stereocenters. The Morgan fingerprint density at radius 2 is 1.62 bits per heavy atom. The molecule has 0 radical (unpaired) electrons. The van der Waals surface area contributed by atoms with E-state index in [1.54, 1.807) is 0 Å². The molecule has 0 saturated heterocycles. The highest BCUT2D eigenvalue weighted by atomic mass is 16.6. The molecule has 4 bridgehead atoms. The summed E-state index contributed by atoms with van der Waals surface area (Å²) in [6, 6.07) is 0. The fourth-order valence-corrected chi connectivity index (χ4v) is 5.20. The van der Waals surface area contributed by atoms with E-state index in [1.807, 2.05) is 0 Å². The molecule has 0 aromatic rings. The van der Waals surface area contributed by atoms with Gasteiger partial charge < -0.3 is 10.6 Å². The van der Waals surface area contributed by atoms with Crippen molar-refractivity contribution in [3.63, 3.8) is 0 Å². The minimum absolute atomic E-state index is 0.315. The summed E-state index contributed by atoms with van der Waals surface area (Å²) in [5.41, 5.74) is 5.74. The first-order chi connectivity index (χ1) is 7.79. The lowest BCUT2D eigenvalue weighted by Crippen LogP contribution is -2.49. The van der Waals surface area contributed by atoms with Crippen molar-refractivity contribution < 1.29 is 4.84 Å². The van der Waals surface area contributed by atoms with Gasteiger partial charge in [-0.2, -0.15) is 0 Å². The zero-order chi connectivity index (χ0) is 10.7. The Kier molecular flexibility index (Phi) is 1.83. The molecule has 0 amide bonds. The van der Waals surface area contributed by atoms with E-state index in [2.05, 4.69) is 5.16 Å². The lowest BCUT2D eigenvalue weighted by atomic mass is 9.50. The van der Waals surface area contributed by atoms with Crippen LogP contribution in [0.1, 0.15) is 38.5 Å². The molecule has 88 valence electrons. The molecule has 0 spiro atoms. The van der Waals surface area contributed by atoms with Crippen molar-refractivity contribution in [2.45, 2.75) is 44.6 Å². The molecule has 3 heteroatoms. The van der Waals surface area contributed by atoms with Gasteiger partial charge in [-0.25, -0.2) is 0 Å². The zero-order valence-electron chi connectivity index (χ0n) is 9.64. The molecular formula is C13H20N2O. The summed E-state index contributed by atoms with van der Waals surface area (Å²) in [6.45, 7) is 0. The van der Waals surface area contributed by atoms with Gasteiger partial charge in [-0.15, -0.1) is 0 Å². The Bertz CT molecular complexity index is 308. The second-order valence-electron chi connectivity index (χ2n) is 6.44. The molecule has 4 saturated carbocycles. The van der Waals surface area contributed by atoms with Gasteiger partial charge in [0.1, 0.15) is 11.9 Å². The van der Waals surface area contributed by atoms with Gasteiger partial charge in [-0.1, -0.05) is 5.16 Å². The van der Waals surface area contributed by atoms with Crippen LogP contribution in [0.5, 0.6) is 0 Å². The van der Waals surface area contributed by atoms with Crippen LogP contribution < -0.4 is 5.73 Å². The van der Waals surface area contributed by atoms with Crippen molar-refractivity contribution in [3.8, 4) is 0 Å². The van der Waals surface area contributed by atoms with Crippen LogP contribution in [0.25, 0.3) is 0 Å². The average molecular weight is 220 g/mol. The highest BCUT2D eigenvalue weighted by Crippen LogP contribution is 2.58. The molecule has 4 aliphatic carbocycles. The highest BCUT2D eigenvalue weighted by molar-refractivity contribution is 5.81. The minimum atomic E-state index is 0.315. The normalized spacial score (nSPS) is 53.9. The summed E-state index contributed by atoms with van der Waals surface area (Å²) in [7, 11) is 0. The molecule has 16 heavy (non-hydrogen) atoms. The fourth-order valence-electron chi connectivity index (χ4n) is 5.20.